The van der Waals surface area contributed by atoms with Gasteiger partial charge in [-0.2, -0.15) is 0 Å². The zero-order valence-corrected chi connectivity index (χ0v) is 12.0. The Morgan fingerprint density at radius 1 is 1.21 bits per heavy atom. The van der Waals surface area contributed by atoms with Gasteiger partial charge in [0.15, 0.2) is 0 Å². The summed E-state index contributed by atoms with van der Waals surface area (Å²) in [5.74, 6) is 0.286. The lowest BCUT2D eigenvalue weighted by Crippen LogP contribution is -2.30. The van der Waals surface area contributed by atoms with Gasteiger partial charge in [0.2, 0.25) is 5.91 Å². The minimum Gasteiger partial charge on any atom is -0.392 e. The lowest BCUT2D eigenvalue weighted by Gasteiger charge is -2.15. The van der Waals surface area contributed by atoms with E-state index >= 15 is 0 Å². The number of benzene rings is 1. The molecule has 0 heterocycles. The molecule has 19 heavy (non-hydrogen) atoms. The summed E-state index contributed by atoms with van der Waals surface area (Å²) in [7, 11) is 0. The maximum Gasteiger partial charge on any atom is 0.223 e. The van der Waals surface area contributed by atoms with E-state index in [4.69, 9.17) is 5.11 Å². The van der Waals surface area contributed by atoms with Crippen LogP contribution in [0.2, 0.25) is 0 Å². The van der Waals surface area contributed by atoms with Gasteiger partial charge in [-0.3, -0.25) is 4.79 Å². The van der Waals surface area contributed by atoms with Crippen LogP contribution >= 0.6 is 0 Å². The number of rotatable bonds is 8. The number of aliphatic hydroxyl groups excluding tert-OH is 1. The lowest BCUT2D eigenvalue weighted by molar-refractivity contribution is -0.125. The minimum atomic E-state index is 0.0378. The molecule has 0 bridgehead atoms. The number of carbonyl (C=O) groups is 1. The van der Waals surface area contributed by atoms with Gasteiger partial charge in [-0.1, -0.05) is 51.0 Å². The van der Waals surface area contributed by atoms with Crippen molar-refractivity contribution in [2.24, 2.45) is 5.92 Å². The fourth-order valence-corrected chi connectivity index (χ4v) is 2.27. The van der Waals surface area contributed by atoms with Crippen LogP contribution in [-0.4, -0.2) is 11.0 Å². The molecule has 3 nitrogen and oxygen atoms in total. The Bertz CT molecular complexity index is 384. The number of carbonyl (C=O) groups excluding carboxylic acids is 1. The van der Waals surface area contributed by atoms with Crippen molar-refractivity contribution in [3.8, 4) is 0 Å². The molecular weight excluding hydrogens is 238 g/mol. The highest BCUT2D eigenvalue weighted by atomic mass is 16.3. The number of nitrogens with one attached hydrogen (secondary N) is 1. The fourth-order valence-electron chi connectivity index (χ4n) is 2.27. The molecule has 0 unspecified atom stereocenters. The number of hydrogen-bond acceptors (Lipinski definition) is 2. The SMILES string of the molecule is CCCC(CCC)C(=O)NCc1cccc(CO)c1. The third-order valence-electron chi connectivity index (χ3n) is 3.29. The van der Waals surface area contributed by atoms with E-state index < -0.39 is 0 Å². The molecule has 2 N–H and O–H groups in total. The first-order valence-corrected chi connectivity index (χ1v) is 7.17. The van der Waals surface area contributed by atoms with E-state index in [1.807, 2.05) is 24.3 Å². The summed E-state index contributed by atoms with van der Waals surface area (Å²) in [6.07, 6.45) is 3.99. The van der Waals surface area contributed by atoms with E-state index in [-0.39, 0.29) is 18.4 Å². The predicted molar refractivity (Wildman–Crippen MR) is 77.5 cm³/mol. The maximum atomic E-state index is 12.1. The number of hydrogen-bond donors (Lipinski definition) is 2. The quantitative estimate of drug-likeness (QED) is 0.757. The van der Waals surface area contributed by atoms with E-state index in [2.05, 4.69) is 19.2 Å². The Kier molecular flexibility index (Phi) is 7.19. The zero-order chi connectivity index (χ0) is 14.1. The molecule has 0 saturated heterocycles. The summed E-state index contributed by atoms with van der Waals surface area (Å²) < 4.78 is 0. The first-order chi connectivity index (χ1) is 9.21. The van der Waals surface area contributed by atoms with Crippen molar-refractivity contribution in [2.45, 2.75) is 52.7 Å². The summed E-state index contributed by atoms with van der Waals surface area (Å²) in [5, 5.41) is 12.1. The highest BCUT2D eigenvalue weighted by Crippen LogP contribution is 2.14. The number of aliphatic hydroxyl groups is 1. The molecule has 0 aliphatic rings. The molecular formula is C16H25NO2. The topological polar surface area (TPSA) is 49.3 Å². The molecule has 106 valence electrons. The molecule has 0 fully saturated rings. The Balaban J connectivity index is 2.51. The van der Waals surface area contributed by atoms with Crippen LogP contribution in [0, 0.1) is 5.92 Å². The van der Waals surface area contributed by atoms with Crippen LogP contribution < -0.4 is 5.32 Å². The summed E-state index contributed by atoms with van der Waals surface area (Å²) in [4.78, 5) is 12.1. The molecule has 1 amide bonds. The third-order valence-corrected chi connectivity index (χ3v) is 3.29. The molecule has 0 saturated carbocycles. The van der Waals surface area contributed by atoms with Crippen molar-refractivity contribution in [3.63, 3.8) is 0 Å². The summed E-state index contributed by atoms with van der Waals surface area (Å²) >= 11 is 0. The van der Waals surface area contributed by atoms with Crippen LogP contribution in [0.15, 0.2) is 24.3 Å². The van der Waals surface area contributed by atoms with Gasteiger partial charge >= 0.3 is 0 Å². The maximum absolute atomic E-state index is 12.1. The van der Waals surface area contributed by atoms with Crippen LogP contribution in [-0.2, 0) is 17.9 Å². The fraction of sp³-hybridized carbons (Fsp3) is 0.562. The van der Waals surface area contributed by atoms with E-state index in [1.54, 1.807) is 0 Å². The van der Waals surface area contributed by atoms with Crippen LogP contribution in [0.5, 0.6) is 0 Å². The average molecular weight is 263 g/mol. The van der Waals surface area contributed by atoms with Crippen LogP contribution in [0.1, 0.15) is 50.7 Å². The van der Waals surface area contributed by atoms with Gasteiger partial charge in [0.1, 0.15) is 0 Å². The summed E-state index contributed by atoms with van der Waals surface area (Å²) in [6, 6.07) is 7.67. The van der Waals surface area contributed by atoms with E-state index in [0.717, 1.165) is 36.8 Å². The van der Waals surface area contributed by atoms with Crippen molar-refractivity contribution in [1.29, 1.82) is 0 Å². The van der Waals surface area contributed by atoms with Gasteiger partial charge in [-0.25, -0.2) is 0 Å². The van der Waals surface area contributed by atoms with Gasteiger partial charge in [0.25, 0.3) is 0 Å². The first-order valence-electron chi connectivity index (χ1n) is 7.17. The van der Waals surface area contributed by atoms with Crippen molar-refractivity contribution < 1.29 is 9.90 Å². The highest BCUT2D eigenvalue weighted by Gasteiger charge is 2.15. The molecule has 0 aliphatic heterocycles. The van der Waals surface area contributed by atoms with Gasteiger partial charge in [-0.05, 0) is 24.0 Å². The average Bonchev–Trinajstić information content (AvgIpc) is 2.44. The van der Waals surface area contributed by atoms with E-state index in [0.29, 0.717) is 6.54 Å². The van der Waals surface area contributed by atoms with Gasteiger partial charge in [0, 0.05) is 12.5 Å². The molecule has 0 spiro atoms. The number of amides is 1. The zero-order valence-electron chi connectivity index (χ0n) is 12.0. The molecule has 3 heteroatoms. The molecule has 0 aliphatic carbocycles. The Morgan fingerprint density at radius 3 is 2.42 bits per heavy atom. The third kappa shape index (κ3) is 5.43. The normalized spacial score (nSPS) is 10.7. The second-order valence-corrected chi connectivity index (χ2v) is 4.97. The lowest BCUT2D eigenvalue weighted by atomic mass is 9.97. The van der Waals surface area contributed by atoms with E-state index in [9.17, 15) is 4.79 Å². The molecule has 1 rings (SSSR count). The van der Waals surface area contributed by atoms with Crippen LogP contribution in [0.3, 0.4) is 0 Å². The summed E-state index contributed by atoms with van der Waals surface area (Å²) in [5.41, 5.74) is 1.91. The second kappa shape index (κ2) is 8.70. The molecule has 0 radical (unpaired) electrons. The van der Waals surface area contributed by atoms with Crippen LogP contribution in [0.4, 0.5) is 0 Å². The predicted octanol–water partition coefficient (Wildman–Crippen LogP) is 3.01. The minimum absolute atomic E-state index is 0.0378. The standard InChI is InChI=1S/C16H25NO2/c1-3-6-15(7-4-2)16(19)17-11-13-8-5-9-14(10-13)12-18/h5,8-10,15,18H,3-4,6-7,11-12H2,1-2H3,(H,17,19). The smallest absolute Gasteiger partial charge is 0.223 e. The monoisotopic (exact) mass is 263 g/mol. The van der Waals surface area contributed by atoms with Gasteiger partial charge in [0.05, 0.1) is 6.61 Å². The Morgan fingerprint density at radius 2 is 1.84 bits per heavy atom. The van der Waals surface area contributed by atoms with E-state index in [1.165, 1.54) is 0 Å². The van der Waals surface area contributed by atoms with Gasteiger partial charge < -0.3 is 10.4 Å². The Hall–Kier alpha value is -1.35. The molecule has 0 aromatic heterocycles. The highest BCUT2D eigenvalue weighted by molar-refractivity contribution is 5.78. The van der Waals surface area contributed by atoms with Crippen molar-refractivity contribution in [2.75, 3.05) is 0 Å². The van der Waals surface area contributed by atoms with Crippen LogP contribution in [0.25, 0.3) is 0 Å². The largest absolute Gasteiger partial charge is 0.392 e. The van der Waals surface area contributed by atoms with Gasteiger partial charge in [-0.15, -0.1) is 0 Å². The van der Waals surface area contributed by atoms with Crippen molar-refractivity contribution >= 4 is 5.91 Å². The van der Waals surface area contributed by atoms with Crippen molar-refractivity contribution in [1.82, 2.24) is 5.32 Å². The van der Waals surface area contributed by atoms with Crippen molar-refractivity contribution in [3.05, 3.63) is 35.4 Å². The summed E-state index contributed by atoms with van der Waals surface area (Å²) in [6.45, 7) is 4.80. The second-order valence-electron chi connectivity index (χ2n) is 4.97. The molecule has 0 atom stereocenters. The molecule has 1 aromatic carbocycles. The Labute approximate surface area is 116 Å². The first kappa shape index (κ1) is 15.7. The molecule has 1 aromatic rings.